The number of carbonyl (C=O) groups is 3. The molecule has 0 radical (unpaired) electrons. The highest BCUT2D eigenvalue weighted by molar-refractivity contribution is 8.26. The predicted octanol–water partition coefficient (Wildman–Crippen LogP) is 5.38. The molecule has 39 heavy (non-hydrogen) atoms. The Bertz CT molecular complexity index is 1420. The van der Waals surface area contributed by atoms with E-state index in [1.807, 2.05) is 24.3 Å². The third kappa shape index (κ3) is 7.04. The summed E-state index contributed by atoms with van der Waals surface area (Å²) in [4.78, 5) is 38.2. The zero-order valence-electron chi connectivity index (χ0n) is 21.6. The largest absolute Gasteiger partial charge is 0.497 e. The van der Waals surface area contributed by atoms with Crippen LogP contribution in [-0.4, -0.2) is 40.8 Å². The van der Waals surface area contributed by atoms with Crippen LogP contribution < -0.4 is 20.2 Å². The van der Waals surface area contributed by atoms with Crippen molar-refractivity contribution < 1.29 is 23.9 Å². The number of carbonyl (C=O) groups excluding carboxylic acids is 3. The Balaban J connectivity index is 1.33. The molecule has 0 aromatic heterocycles. The molecule has 1 aliphatic rings. The molecule has 8 nitrogen and oxygen atoms in total. The predicted molar refractivity (Wildman–Crippen MR) is 157 cm³/mol. The van der Waals surface area contributed by atoms with Crippen molar-refractivity contribution in [2.75, 3.05) is 19.0 Å². The van der Waals surface area contributed by atoms with Crippen molar-refractivity contribution in [2.24, 2.45) is 0 Å². The molecule has 3 amide bonds. The van der Waals surface area contributed by atoms with Gasteiger partial charge in [-0.3, -0.25) is 19.8 Å². The van der Waals surface area contributed by atoms with Gasteiger partial charge in [0.05, 0.1) is 12.0 Å². The lowest BCUT2D eigenvalue weighted by molar-refractivity contribution is -0.123. The van der Waals surface area contributed by atoms with Gasteiger partial charge < -0.3 is 14.8 Å². The van der Waals surface area contributed by atoms with Gasteiger partial charge in [-0.15, -0.1) is 0 Å². The van der Waals surface area contributed by atoms with Crippen LogP contribution in [-0.2, 0) is 9.59 Å². The van der Waals surface area contributed by atoms with Crippen LogP contribution in [0.5, 0.6) is 11.5 Å². The number of benzene rings is 3. The number of nitrogens with zero attached hydrogens (tertiary/aromatic N) is 1. The molecule has 1 saturated heterocycles. The lowest BCUT2D eigenvalue weighted by Gasteiger charge is -2.15. The van der Waals surface area contributed by atoms with Crippen LogP contribution in [0.15, 0.2) is 77.7 Å². The normalized spacial score (nSPS) is 14.1. The number of rotatable bonds is 9. The van der Waals surface area contributed by atoms with Gasteiger partial charge in [0.15, 0.2) is 10.9 Å². The Labute approximate surface area is 236 Å². The van der Waals surface area contributed by atoms with Gasteiger partial charge in [-0.2, -0.15) is 5.01 Å². The molecule has 0 aliphatic carbocycles. The first-order valence-electron chi connectivity index (χ1n) is 12.1. The van der Waals surface area contributed by atoms with Crippen LogP contribution in [0, 0.1) is 0 Å². The van der Waals surface area contributed by atoms with Crippen LogP contribution in [0.1, 0.15) is 41.3 Å². The molecule has 0 spiro atoms. The number of hydrogen-bond donors (Lipinski definition) is 2. The second kappa shape index (κ2) is 12.6. The highest BCUT2D eigenvalue weighted by atomic mass is 32.2. The van der Waals surface area contributed by atoms with Crippen molar-refractivity contribution in [3.63, 3.8) is 0 Å². The Kier molecular flexibility index (Phi) is 9.00. The van der Waals surface area contributed by atoms with E-state index in [1.165, 1.54) is 7.11 Å². The number of ether oxygens (including phenoxy) is 2. The minimum atomic E-state index is -0.464. The summed E-state index contributed by atoms with van der Waals surface area (Å²) < 4.78 is 10.9. The Morgan fingerprint density at radius 1 is 1.00 bits per heavy atom. The maximum Gasteiger partial charge on any atom is 0.285 e. The van der Waals surface area contributed by atoms with Crippen molar-refractivity contribution in [3.05, 3.63) is 94.4 Å². The van der Waals surface area contributed by atoms with Gasteiger partial charge in [-0.1, -0.05) is 55.9 Å². The summed E-state index contributed by atoms with van der Waals surface area (Å²) >= 11 is 6.39. The van der Waals surface area contributed by atoms with Gasteiger partial charge in [0.2, 0.25) is 0 Å². The molecule has 1 heterocycles. The maximum atomic E-state index is 12.9. The number of thiocarbonyl (C=S) groups is 1. The number of amides is 3. The molecule has 200 valence electrons. The third-order valence-electron chi connectivity index (χ3n) is 5.76. The molecule has 1 fully saturated rings. The smallest absolute Gasteiger partial charge is 0.285 e. The molecule has 10 heteroatoms. The fourth-order valence-electron chi connectivity index (χ4n) is 3.73. The van der Waals surface area contributed by atoms with E-state index >= 15 is 0 Å². The van der Waals surface area contributed by atoms with Crippen molar-refractivity contribution >= 4 is 57.8 Å². The molecule has 3 aromatic carbocycles. The number of para-hydroxylation sites is 1. The number of hydrogen-bond acceptors (Lipinski definition) is 7. The first-order valence-corrected chi connectivity index (χ1v) is 13.3. The third-order valence-corrected chi connectivity index (χ3v) is 7.07. The summed E-state index contributed by atoms with van der Waals surface area (Å²) in [5.41, 5.74) is 5.48. The number of anilines is 1. The van der Waals surface area contributed by atoms with Crippen LogP contribution in [0.2, 0.25) is 0 Å². The van der Waals surface area contributed by atoms with E-state index in [0.29, 0.717) is 22.0 Å². The molecular formula is C29H27N3O5S2. The van der Waals surface area contributed by atoms with E-state index in [1.54, 1.807) is 54.6 Å². The molecule has 1 aliphatic heterocycles. The standard InChI is InChI=1S/C29H27N3O5S2/c1-18(2)23-6-4-5-7-24(23)30-26(33)17-37-22-12-8-19(9-13-22)16-25-28(35)32(29(38)39-25)31-27(34)20-10-14-21(36-3)15-11-20/h4-16,18H,17H2,1-3H3,(H,30,33)(H,31,34)/b25-16+. The molecule has 3 aromatic rings. The number of thioether (sulfide) groups is 1. The highest BCUT2D eigenvalue weighted by Crippen LogP contribution is 2.32. The second-order valence-corrected chi connectivity index (χ2v) is 10.5. The Hall–Kier alpha value is -4.15. The van der Waals surface area contributed by atoms with Crippen LogP contribution in [0.25, 0.3) is 6.08 Å². The van der Waals surface area contributed by atoms with Crippen LogP contribution in [0.3, 0.4) is 0 Å². The summed E-state index contributed by atoms with van der Waals surface area (Å²) in [7, 11) is 1.54. The Morgan fingerprint density at radius 2 is 1.67 bits per heavy atom. The summed E-state index contributed by atoms with van der Waals surface area (Å²) in [6.45, 7) is 4.00. The molecule has 0 bridgehead atoms. The first kappa shape index (κ1) is 27.9. The quantitative estimate of drug-likeness (QED) is 0.267. The Morgan fingerprint density at radius 3 is 2.33 bits per heavy atom. The minimum Gasteiger partial charge on any atom is -0.497 e. The minimum absolute atomic E-state index is 0.141. The van der Waals surface area contributed by atoms with E-state index in [2.05, 4.69) is 24.6 Å². The van der Waals surface area contributed by atoms with Gasteiger partial charge in [0, 0.05) is 11.3 Å². The van der Waals surface area contributed by atoms with E-state index in [4.69, 9.17) is 21.7 Å². The molecule has 4 rings (SSSR count). The zero-order valence-corrected chi connectivity index (χ0v) is 23.2. The summed E-state index contributed by atoms with van der Waals surface area (Å²) in [5.74, 6) is 0.262. The van der Waals surface area contributed by atoms with Crippen LogP contribution >= 0.6 is 24.0 Å². The van der Waals surface area contributed by atoms with Crippen molar-refractivity contribution in [1.29, 1.82) is 0 Å². The lowest BCUT2D eigenvalue weighted by Crippen LogP contribution is -2.44. The lowest BCUT2D eigenvalue weighted by atomic mass is 10.0. The van der Waals surface area contributed by atoms with Crippen molar-refractivity contribution in [2.45, 2.75) is 19.8 Å². The van der Waals surface area contributed by atoms with Gasteiger partial charge in [0.1, 0.15) is 11.5 Å². The average Bonchev–Trinajstić information content (AvgIpc) is 3.20. The monoisotopic (exact) mass is 561 g/mol. The molecule has 0 atom stereocenters. The van der Waals surface area contributed by atoms with E-state index in [9.17, 15) is 14.4 Å². The highest BCUT2D eigenvalue weighted by Gasteiger charge is 2.33. The molecular weight excluding hydrogens is 534 g/mol. The van der Waals surface area contributed by atoms with E-state index in [0.717, 1.165) is 33.6 Å². The SMILES string of the molecule is COc1ccc(C(=O)NN2C(=O)/C(=C\c3ccc(OCC(=O)Nc4ccccc4C(C)C)cc3)SC2=S)cc1. The summed E-state index contributed by atoms with van der Waals surface area (Å²) in [6.07, 6.45) is 1.68. The molecule has 0 saturated carbocycles. The van der Waals surface area contributed by atoms with Crippen LogP contribution in [0.4, 0.5) is 5.69 Å². The number of hydrazine groups is 1. The van der Waals surface area contributed by atoms with E-state index < -0.39 is 11.8 Å². The van der Waals surface area contributed by atoms with Gasteiger partial charge >= 0.3 is 0 Å². The fraction of sp³-hybridized carbons (Fsp3) is 0.172. The van der Waals surface area contributed by atoms with Gasteiger partial charge in [0.25, 0.3) is 17.7 Å². The van der Waals surface area contributed by atoms with Gasteiger partial charge in [-0.05, 0) is 77.8 Å². The topological polar surface area (TPSA) is 97.0 Å². The van der Waals surface area contributed by atoms with E-state index in [-0.39, 0.29) is 22.8 Å². The molecule has 2 N–H and O–H groups in total. The van der Waals surface area contributed by atoms with Gasteiger partial charge in [-0.25, -0.2) is 0 Å². The zero-order chi connectivity index (χ0) is 27.9. The molecule has 0 unspecified atom stereocenters. The maximum absolute atomic E-state index is 12.9. The summed E-state index contributed by atoms with van der Waals surface area (Å²) in [5, 5.41) is 3.96. The van der Waals surface area contributed by atoms with Crippen molar-refractivity contribution in [1.82, 2.24) is 10.4 Å². The summed E-state index contributed by atoms with van der Waals surface area (Å²) in [6, 6.07) is 21.2. The number of nitrogens with one attached hydrogen (secondary N) is 2. The van der Waals surface area contributed by atoms with Crippen molar-refractivity contribution in [3.8, 4) is 11.5 Å². The second-order valence-electron chi connectivity index (χ2n) is 8.83. The first-order chi connectivity index (χ1) is 18.7. The fourth-order valence-corrected chi connectivity index (χ4v) is 4.91. The average molecular weight is 562 g/mol. The number of methoxy groups -OCH3 is 1.